The number of carbonyl (C=O) groups excluding carboxylic acids is 2. The summed E-state index contributed by atoms with van der Waals surface area (Å²) >= 11 is 0. The first-order chi connectivity index (χ1) is 5.07. The number of rotatable bonds is 4. The maximum absolute atomic E-state index is 11.0. The Balaban J connectivity index is 3.67. The van der Waals surface area contributed by atoms with Crippen molar-refractivity contribution in [3.63, 3.8) is 0 Å². The van der Waals surface area contributed by atoms with E-state index in [-0.39, 0.29) is 24.0 Å². The van der Waals surface area contributed by atoms with Gasteiger partial charge in [-0.2, -0.15) is 0 Å². The molecule has 1 N–H and O–H groups in total. The first kappa shape index (κ1) is 10.1. The van der Waals surface area contributed by atoms with Gasteiger partial charge in [-0.15, -0.1) is 0 Å². The fourth-order valence-electron chi connectivity index (χ4n) is 0.622. The normalized spacial score (nSPS) is 9.82. The van der Waals surface area contributed by atoms with Gasteiger partial charge in [0.05, 0.1) is 6.42 Å². The summed E-state index contributed by atoms with van der Waals surface area (Å²) in [6.45, 7) is 6.01. The summed E-state index contributed by atoms with van der Waals surface area (Å²) < 4.78 is 0. The Kier molecular flexibility index (Phi) is 4.50. The highest BCUT2D eigenvalue weighted by Gasteiger charge is 2.11. The van der Waals surface area contributed by atoms with Crippen molar-refractivity contribution in [2.24, 2.45) is 5.92 Å². The predicted octanol–water partition coefficient (Wildman–Crippen LogP) is 0.738. The zero-order valence-corrected chi connectivity index (χ0v) is 7.31. The van der Waals surface area contributed by atoms with E-state index in [1.54, 1.807) is 13.8 Å². The summed E-state index contributed by atoms with van der Waals surface area (Å²) in [4.78, 5) is 21.8. The molecule has 0 aromatic carbocycles. The summed E-state index contributed by atoms with van der Waals surface area (Å²) in [7, 11) is 0. The number of Topliss-reactive ketones (excluding diaryl/α,β-unsaturated/α-hetero) is 1. The van der Waals surface area contributed by atoms with Crippen LogP contribution in [0.4, 0.5) is 0 Å². The molecule has 0 rings (SSSR count). The van der Waals surface area contributed by atoms with Crippen molar-refractivity contribution in [1.82, 2.24) is 5.32 Å². The second kappa shape index (κ2) is 4.88. The molecule has 3 nitrogen and oxygen atoms in total. The Bertz CT molecular complexity index is 152. The largest absolute Gasteiger partial charge is 0.356 e. The molecule has 3 heteroatoms. The van der Waals surface area contributed by atoms with Crippen LogP contribution in [0.15, 0.2) is 0 Å². The highest BCUT2D eigenvalue weighted by atomic mass is 16.2. The molecule has 0 saturated heterocycles. The van der Waals surface area contributed by atoms with Crippen molar-refractivity contribution < 1.29 is 9.59 Å². The molecule has 0 aliphatic rings. The van der Waals surface area contributed by atoms with Gasteiger partial charge >= 0.3 is 0 Å². The van der Waals surface area contributed by atoms with E-state index in [4.69, 9.17) is 0 Å². The zero-order valence-electron chi connectivity index (χ0n) is 7.31. The van der Waals surface area contributed by atoms with Gasteiger partial charge in [-0.05, 0) is 6.92 Å². The molecule has 0 aliphatic carbocycles. The fraction of sp³-hybridized carbons (Fsp3) is 0.750. The van der Waals surface area contributed by atoms with E-state index < -0.39 is 0 Å². The third-order valence-corrected chi connectivity index (χ3v) is 1.35. The SMILES string of the molecule is CCNC(=O)CC(=O)C(C)C. The molecule has 0 aliphatic heterocycles. The van der Waals surface area contributed by atoms with Crippen LogP contribution < -0.4 is 5.32 Å². The summed E-state index contributed by atoms with van der Waals surface area (Å²) in [6, 6.07) is 0. The lowest BCUT2D eigenvalue weighted by atomic mass is 10.1. The molecular weight excluding hydrogens is 142 g/mol. The molecule has 0 unspecified atom stereocenters. The van der Waals surface area contributed by atoms with E-state index in [0.717, 1.165) is 0 Å². The topological polar surface area (TPSA) is 46.2 Å². The average molecular weight is 157 g/mol. The highest BCUT2D eigenvalue weighted by Crippen LogP contribution is 1.97. The van der Waals surface area contributed by atoms with Gasteiger partial charge in [-0.1, -0.05) is 13.8 Å². The Hall–Kier alpha value is -0.860. The Morgan fingerprint density at radius 2 is 1.91 bits per heavy atom. The predicted molar refractivity (Wildman–Crippen MR) is 43.1 cm³/mol. The van der Waals surface area contributed by atoms with Crippen LogP contribution in [-0.2, 0) is 9.59 Å². The summed E-state index contributed by atoms with van der Waals surface area (Å²) in [5.74, 6) is -0.222. The Morgan fingerprint density at radius 3 is 2.27 bits per heavy atom. The number of nitrogens with one attached hydrogen (secondary N) is 1. The van der Waals surface area contributed by atoms with Crippen molar-refractivity contribution in [3.8, 4) is 0 Å². The number of ketones is 1. The summed E-state index contributed by atoms with van der Waals surface area (Å²) in [5.41, 5.74) is 0. The van der Waals surface area contributed by atoms with E-state index in [0.29, 0.717) is 6.54 Å². The zero-order chi connectivity index (χ0) is 8.85. The van der Waals surface area contributed by atoms with Gasteiger partial charge < -0.3 is 5.32 Å². The van der Waals surface area contributed by atoms with E-state index >= 15 is 0 Å². The van der Waals surface area contributed by atoms with E-state index in [1.165, 1.54) is 0 Å². The van der Waals surface area contributed by atoms with Crippen LogP contribution in [0.1, 0.15) is 27.2 Å². The van der Waals surface area contributed by atoms with E-state index in [9.17, 15) is 9.59 Å². The molecule has 1 amide bonds. The third-order valence-electron chi connectivity index (χ3n) is 1.35. The van der Waals surface area contributed by atoms with Gasteiger partial charge in [-0.25, -0.2) is 0 Å². The van der Waals surface area contributed by atoms with Crippen molar-refractivity contribution >= 4 is 11.7 Å². The minimum atomic E-state index is -0.175. The molecule has 0 heterocycles. The van der Waals surface area contributed by atoms with Gasteiger partial charge in [0.2, 0.25) is 5.91 Å². The second-order valence-corrected chi connectivity index (χ2v) is 2.75. The fourth-order valence-corrected chi connectivity index (χ4v) is 0.622. The lowest BCUT2D eigenvalue weighted by Gasteiger charge is -2.03. The molecule has 0 aromatic heterocycles. The molecule has 0 saturated carbocycles. The van der Waals surface area contributed by atoms with Crippen LogP contribution in [-0.4, -0.2) is 18.2 Å². The van der Waals surface area contributed by atoms with Crippen molar-refractivity contribution in [1.29, 1.82) is 0 Å². The van der Waals surface area contributed by atoms with Gasteiger partial charge in [0.1, 0.15) is 5.78 Å². The van der Waals surface area contributed by atoms with E-state index in [2.05, 4.69) is 5.32 Å². The maximum atomic E-state index is 11.0. The van der Waals surface area contributed by atoms with Crippen molar-refractivity contribution in [2.75, 3.05) is 6.54 Å². The minimum absolute atomic E-state index is 0.00375. The quantitative estimate of drug-likeness (QED) is 0.612. The standard InChI is InChI=1S/C8H15NO2/c1-4-9-8(11)5-7(10)6(2)3/h6H,4-5H2,1-3H3,(H,9,11). The number of hydrogen-bond acceptors (Lipinski definition) is 2. The first-order valence-electron chi connectivity index (χ1n) is 3.87. The van der Waals surface area contributed by atoms with Crippen LogP contribution in [0.25, 0.3) is 0 Å². The molecule has 0 radical (unpaired) electrons. The number of hydrogen-bond donors (Lipinski definition) is 1. The molecule has 0 fully saturated rings. The highest BCUT2D eigenvalue weighted by molar-refractivity contribution is 5.98. The molecule has 0 atom stereocenters. The number of amides is 1. The Morgan fingerprint density at radius 1 is 1.36 bits per heavy atom. The molecular formula is C8H15NO2. The van der Waals surface area contributed by atoms with Gasteiger partial charge in [0.25, 0.3) is 0 Å². The molecule has 0 spiro atoms. The summed E-state index contributed by atoms with van der Waals surface area (Å²) in [6.07, 6.45) is 0.0194. The lowest BCUT2D eigenvalue weighted by molar-refractivity contribution is -0.129. The van der Waals surface area contributed by atoms with Crippen LogP contribution in [0, 0.1) is 5.92 Å². The molecule has 64 valence electrons. The average Bonchev–Trinajstić information content (AvgIpc) is 1.87. The van der Waals surface area contributed by atoms with Crippen LogP contribution >= 0.6 is 0 Å². The van der Waals surface area contributed by atoms with Crippen LogP contribution in [0.3, 0.4) is 0 Å². The van der Waals surface area contributed by atoms with Gasteiger partial charge in [0, 0.05) is 12.5 Å². The number of carbonyl (C=O) groups is 2. The van der Waals surface area contributed by atoms with Crippen molar-refractivity contribution in [3.05, 3.63) is 0 Å². The first-order valence-corrected chi connectivity index (χ1v) is 3.87. The summed E-state index contributed by atoms with van der Waals surface area (Å²) in [5, 5.41) is 2.57. The molecule has 11 heavy (non-hydrogen) atoms. The molecule has 0 bridgehead atoms. The van der Waals surface area contributed by atoms with Crippen molar-refractivity contribution in [2.45, 2.75) is 27.2 Å². The third kappa shape index (κ3) is 4.53. The lowest BCUT2D eigenvalue weighted by Crippen LogP contribution is -2.26. The van der Waals surface area contributed by atoms with Crippen LogP contribution in [0.2, 0.25) is 0 Å². The minimum Gasteiger partial charge on any atom is -0.356 e. The molecule has 0 aromatic rings. The van der Waals surface area contributed by atoms with Crippen LogP contribution in [0.5, 0.6) is 0 Å². The Labute approximate surface area is 67.2 Å². The monoisotopic (exact) mass is 157 g/mol. The van der Waals surface area contributed by atoms with Gasteiger partial charge in [0.15, 0.2) is 0 Å². The van der Waals surface area contributed by atoms with Gasteiger partial charge in [-0.3, -0.25) is 9.59 Å². The second-order valence-electron chi connectivity index (χ2n) is 2.75. The smallest absolute Gasteiger partial charge is 0.227 e. The maximum Gasteiger partial charge on any atom is 0.227 e. The van der Waals surface area contributed by atoms with E-state index in [1.807, 2.05) is 6.92 Å².